The summed E-state index contributed by atoms with van der Waals surface area (Å²) >= 11 is 0. The van der Waals surface area contributed by atoms with E-state index in [0.29, 0.717) is 37.8 Å². The number of nitrogens with one attached hydrogen (secondary N) is 2. The monoisotopic (exact) mass is 400 g/mol. The predicted octanol–water partition coefficient (Wildman–Crippen LogP) is 2.32. The highest BCUT2D eigenvalue weighted by atomic mass is 32.2. The first-order valence-corrected chi connectivity index (χ1v) is 10.8. The lowest BCUT2D eigenvalue weighted by Gasteiger charge is -2.16. The van der Waals surface area contributed by atoms with Crippen LogP contribution < -0.4 is 14.8 Å². The molecule has 0 bridgehead atoms. The Morgan fingerprint density at radius 3 is 2.26 bits per heavy atom. The molecule has 1 aromatic carbocycles. The number of sulfonamides is 1. The van der Waals surface area contributed by atoms with Gasteiger partial charge in [0.1, 0.15) is 5.75 Å². The van der Waals surface area contributed by atoms with Crippen molar-refractivity contribution in [3.63, 3.8) is 0 Å². The van der Waals surface area contributed by atoms with Crippen LogP contribution in [0.1, 0.15) is 41.0 Å². The minimum absolute atomic E-state index is 0.129. The van der Waals surface area contributed by atoms with Gasteiger partial charge < -0.3 is 14.8 Å². The van der Waals surface area contributed by atoms with E-state index < -0.39 is 16.1 Å². The van der Waals surface area contributed by atoms with Crippen LogP contribution in [0.25, 0.3) is 0 Å². The smallest absolute Gasteiger partial charge is 0.260 e. The van der Waals surface area contributed by atoms with Gasteiger partial charge in [-0.2, -0.15) is 0 Å². The molecular weight excluding hydrogens is 368 g/mol. The van der Waals surface area contributed by atoms with Gasteiger partial charge in [0.05, 0.1) is 11.0 Å². The van der Waals surface area contributed by atoms with E-state index in [0.717, 1.165) is 0 Å². The van der Waals surface area contributed by atoms with Crippen molar-refractivity contribution in [3.05, 3.63) is 24.3 Å². The molecular formula is C19H32N2O5S. The van der Waals surface area contributed by atoms with Crippen molar-refractivity contribution in [2.75, 3.05) is 19.7 Å². The van der Waals surface area contributed by atoms with Crippen LogP contribution in [0, 0.1) is 5.92 Å². The van der Waals surface area contributed by atoms with Crippen molar-refractivity contribution in [2.24, 2.45) is 5.92 Å². The van der Waals surface area contributed by atoms with Crippen LogP contribution in [0.3, 0.4) is 0 Å². The molecule has 0 saturated carbocycles. The van der Waals surface area contributed by atoms with Crippen LogP contribution in [-0.2, 0) is 19.6 Å². The summed E-state index contributed by atoms with van der Waals surface area (Å²) in [5.74, 6) is 0.590. The zero-order valence-electron chi connectivity index (χ0n) is 16.8. The van der Waals surface area contributed by atoms with Crippen molar-refractivity contribution >= 4 is 15.9 Å². The van der Waals surface area contributed by atoms with Crippen molar-refractivity contribution < 1.29 is 22.7 Å². The molecule has 1 aromatic rings. The van der Waals surface area contributed by atoms with E-state index in [1.807, 2.05) is 27.7 Å². The van der Waals surface area contributed by atoms with Crippen LogP contribution in [0.15, 0.2) is 29.2 Å². The Morgan fingerprint density at radius 2 is 1.70 bits per heavy atom. The second-order valence-electron chi connectivity index (χ2n) is 7.04. The van der Waals surface area contributed by atoms with Crippen LogP contribution in [0.5, 0.6) is 5.75 Å². The summed E-state index contributed by atoms with van der Waals surface area (Å²) in [6.07, 6.45) is 0.0658. The van der Waals surface area contributed by atoms with E-state index in [1.54, 1.807) is 19.1 Å². The quantitative estimate of drug-likeness (QED) is 0.525. The molecule has 0 heterocycles. The highest BCUT2D eigenvalue weighted by Gasteiger charge is 2.16. The third kappa shape index (κ3) is 9.21. The molecule has 154 valence electrons. The number of hydrogen-bond donors (Lipinski definition) is 2. The molecule has 0 aromatic heterocycles. The lowest BCUT2D eigenvalue weighted by molar-refractivity contribution is -0.127. The first kappa shape index (κ1) is 23.4. The van der Waals surface area contributed by atoms with Gasteiger partial charge in [-0.25, -0.2) is 13.1 Å². The molecule has 2 N–H and O–H groups in total. The molecule has 1 rings (SSSR count). The van der Waals surface area contributed by atoms with Gasteiger partial charge in [0, 0.05) is 19.7 Å². The van der Waals surface area contributed by atoms with Crippen molar-refractivity contribution in [1.29, 1.82) is 0 Å². The van der Waals surface area contributed by atoms with Gasteiger partial charge in [0.15, 0.2) is 6.10 Å². The number of carbonyl (C=O) groups excluding carboxylic acids is 1. The number of rotatable bonds is 12. The first-order chi connectivity index (χ1) is 12.6. The minimum atomic E-state index is -3.58. The highest BCUT2D eigenvalue weighted by molar-refractivity contribution is 7.89. The lowest BCUT2D eigenvalue weighted by Crippen LogP contribution is -2.38. The minimum Gasteiger partial charge on any atom is -0.481 e. The van der Waals surface area contributed by atoms with Gasteiger partial charge in [-0.05, 0) is 57.4 Å². The van der Waals surface area contributed by atoms with Gasteiger partial charge in [-0.3, -0.25) is 4.79 Å². The van der Waals surface area contributed by atoms with Crippen LogP contribution in [0.2, 0.25) is 0 Å². The standard InChI is InChI=1S/C19H32N2O5S/c1-14(2)13-20-19(22)16(5)26-17-7-9-18(10-8-17)27(23,24)21-11-6-12-25-15(3)4/h7-10,14-16,21H,6,11-13H2,1-5H3,(H,20,22)/t16-/m1/s1. The van der Waals surface area contributed by atoms with Crippen molar-refractivity contribution in [1.82, 2.24) is 10.0 Å². The summed E-state index contributed by atoms with van der Waals surface area (Å²) < 4.78 is 38.0. The van der Waals surface area contributed by atoms with E-state index in [1.165, 1.54) is 12.1 Å². The summed E-state index contributed by atoms with van der Waals surface area (Å²) in [5, 5.41) is 2.80. The molecule has 1 amide bonds. The van der Waals surface area contributed by atoms with Crippen LogP contribution in [-0.4, -0.2) is 46.2 Å². The zero-order valence-corrected chi connectivity index (χ0v) is 17.6. The average molecular weight is 401 g/mol. The molecule has 8 heteroatoms. The third-order valence-corrected chi connectivity index (χ3v) is 5.04. The Balaban J connectivity index is 2.53. The largest absolute Gasteiger partial charge is 0.481 e. The first-order valence-electron chi connectivity index (χ1n) is 9.27. The summed E-state index contributed by atoms with van der Waals surface area (Å²) in [6.45, 7) is 10.9. The summed E-state index contributed by atoms with van der Waals surface area (Å²) in [6, 6.07) is 6.01. The molecule has 1 atom stereocenters. The van der Waals surface area contributed by atoms with Gasteiger partial charge in [-0.15, -0.1) is 0 Å². The Hall–Kier alpha value is -1.64. The third-order valence-electron chi connectivity index (χ3n) is 3.57. The van der Waals surface area contributed by atoms with E-state index in [2.05, 4.69) is 10.0 Å². The van der Waals surface area contributed by atoms with Crippen LogP contribution in [0.4, 0.5) is 0 Å². The number of carbonyl (C=O) groups is 1. The molecule has 7 nitrogen and oxygen atoms in total. The fourth-order valence-electron chi connectivity index (χ4n) is 2.08. The van der Waals surface area contributed by atoms with E-state index in [-0.39, 0.29) is 16.9 Å². The molecule has 0 aliphatic heterocycles. The maximum atomic E-state index is 12.3. The molecule has 0 aliphatic rings. The van der Waals surface area contributed by atoms with Gasteiger partial charge in [0.25, 0.3) is 5.91 Å². The summed E-state index contributed by atoms with van der Waals surface area (Å²) in [4.78, 5) is 12.1. The van der Waals surface area contributed by atoms with E-state index in [9.17, 15) is 13.2 Å². The predicted molar refractivity (Wildman–Crippen MR) is 105 cm³/mol. The summed E-state index contributed by atoms with van der Waals surface area (Å²) in [7, 11) is -3.58. The zero-order chi connectivity index (χ0) is 20.4. The van der Waals surface area contributed by atoms with E-state index in [4.69, 9.17) is 9.47 Å². The Morgan fingerprint density at radius 1 is 1.07 bits per heavy atom. The van der Waals surface area contributed by atoms with Crippen LogP contribution >= 0.6 is 0 Å². The number of benzene rings is 1. The van der Waals surface area contributed by atoms with E-state index >= 15 is 0 Å². The molecule has 0 saturated heterocycles. The SMILES string of the molecule is CC(C)CNC(=O)[C@@H](C)Oc1ccc(S(=O)(=O)NCCCOC(C)C)cc1. The van der Waals surface area contributed by atoms with Crippen molar-refractivity contribution in [2.45, 2.75) is 58.1 Å². The van der Waals surface area contributed by atoms with Gasteiger partial charge >= 0.3 is 0 Å². The normalized spacial score (nSPS) is 13.0. The molecule has 0 fully saturated rings. The maximum absolute atomic E-state index is 12.3. The lowest BCUT2D eigenvalue weighted by atomic mass is 10.2. The van der Waals surface area contributed by atoms with Gasteiger partial charge in [0.2, 0.25) is 10.0 Å². The summed E-state index contributed by atoms with van der Waals surface area (Å²) in [5.41, 5.74) is 0. The maximum Gasteiger partial charge on any atom is 0.260 e. The molecule has 0 spiro atoms. The fourth-order valence-corrected chi connectivity index (χ4v) is 3.16. The Bertz CT molecular complexity index is 672. The second kappa shape index (κ2) is 11.3. The fraction of sp³-hybridized carbons (Fsp3) is 0.632. The van der Waals surface area contributed by atoms with Crippen molar-refractivity contribution in [3.8, 4) is 5.75 Å². The molecule has 0 unspecified atom stereocenters. The molecule has 0 aliphatic carbocycles. The molecule has 27 heavy (non-hydrogen) atoms. The number of hydrogen-bond acceptors (Lipinski definition) is 5. The topological polar surface area (TPSA) is 93.7 Å². The van der Waals surface area contributed by atoms with Gasteiger partial charge in [-0.1, -0.05) is 13.8 Å². The Labute approximate surface area is 162 Å². The molecule has 0 radical (unpaired) electrons. The number of ether oxygens (including phenoxy) is 2. The highest BCUT2D eigenvalue weighted by Crippen LogP contribution is 2.17. The Kier molecular flexibility index (Phi) is 9.76. The number of amides is 1. The average Bonchev–Trinajstić information content (AvgIpc) is 2.59. The second-order valence-corrected chi connectivity index (χ2v) is 8.81.